The maximum atomic E-state index is 13.4. The van der Waals surface area contributed by atoms with Gasteiger partial charge in [-0.1, -0.05) is 26.0 Å². The summed E-state index contributed by atoms with van der Waals surface area (Å²) < 4.78 is 118. The molecule has 9 heteroatoms. The van der Waals surface area contributed by atoms with Crippen LogP contribution in [0.25, 0.3) is 11.1 Å². The Kier molecular flexibility index (Phi) is 5.29. The molecule has 0 saturated carbocycles. The molecule has 0 aliphatic rings. The van der Waals surface area contributed by atoms with Crippen molar-refractivity contribution in [1.82, 2.24) is 0 Å². The molecule has 0 amide bonds. The maximum Gasteiger partial charge on any atom is 0.417 e. The molecule has 0 spiro atoms. The number of hydrogen-bond acceptors (Lipinski definition) is 0. The summed E-state index contributed by atoms with van der Waals surface area (Å²) in [6.07, 6.45) is -15.0. The third kappa shape index (κ3) is 4.56. The minimum atomic E-state index is -5.18. The summed E-state index contributed by atoms with van der Waals surface area (Å²) in [5, 5.41) is 0. The van der Waals surface area contributed by atoms with Crippen LogP contribution < -0.4 is 0 Å². The first kappa shape index (κ1) is 21.1. The fourth-order valence-electron chi connectivity index (χ4n) is 2.66. The van der Waals surface area contributed by atoms with E-state index in [0.29, 0.717) is 18.2 Å². The predicted octanol–water partition coefficient (Wildman–Crippen LogP) is 7.53. The van der Waals surface area contributed by atoms with Gasteiger partial charge in [-0.25, -0.2) is 0 Å². The first-order valence-electron chi connectivity index (χ1n) is 7.62. The van der Waals surface area contributed by atoms with E-state index >= 15 is 0 Å². The topological polar surface area (TPSA) is 0 Å². The highest BCUT2D eigenvalue weighted by Gasteiger charge is 2.39. The van der Waals surface area contributed by atoms with Crippen LogP contribution in [-0.2, 0) is 18.5 Å². The number of rotatable bonds is 2. The highest BCUT2D eigenvalue weighted by atomic mass is 19.4. The maximum absolute atomic E-state index is 13.4. The minimum Gasteiger partial charge on any atom is -0.166 e. The first-order chi connectivity index (χ1) is 12.1. The zero-order chi connectivity index (χ0) is 20.8. The number of alkyl halides is 9. The quantitative estimate of drug-likeness (QED) is 0.457. The van der Waals surface area contributed by atoms with Crippen LogP contribution in [0.5, 0.6) is 0 Å². The molecule has 2 aromatic carbocycles. The van der Waals surface area contributed by atoms with Gasteiger partial charge >= 0.3 is 18.5 Å². The first-order valence-corrected chi connectivity index (χ1v) is 7.62. The van der Waals surface area contributed by atoms with Crippen molar-refractivity contribution in [1.29, 1.82) is 0 Å². The lowest BCUT2D eigenvalue weighted by atomic mass is 9.88. The second-order valence-electron chi connectivity index (χ2n) is 6.21. The highest BCUT2D eigenvalue weighted by Crippen LogP contribution is 2.44. The Morgan fingerprint density at radius 2 is 1.07 bits per heavy atom. The van der Waals surface area contributed by atoms with Crippen molar-refractivity contribution in [2.75, 3.05) is 0 Å². The third-order valence-corrected chi connectivity index (χ3v) is 3.95. The summed E-state index contributed by atoms with van der Waals surface area (Å²) in [6, 6.07) is 3.21. The van der Waals surface area contributed by atoms with Crippen molar-refractivity contribution in [3.8, 4) is 11.1 Å². The summed E-state index contributed by atoms with van der Waals surface area (Å²) in [6.45, 7) is 3.12. The van der Waals surface area contributed by atoms with Gasteiger partial charge < -0.3 is 0 Å². The van der Waals surface area contributed by atoms with Crippen LogP contribution in [0.1, 0.15) is 42.0 Å². The fraction of sp³-hybridized carbons (Fsp3) is 0.333. The van der Waals surface area contributed by atoms with Gasteiger partial charge in [-0.05, 0) is 46.9 Å². The van der Waals surface area contributed by atoms with Gasteiger partial charge in [-0.2, -0.15) is 39.5 Å². The van der Waals surface area contributed by atoms with Crippen molar-refractivity contribution in [2.24, 2.45) is 0 Å². The van der Waals surface area contributed by atoms with E-state index in [9.17, 15) is 39.5 Å². The van der Waals surface area contributed by atoms with Crippen LogP contribution in [-0.4, -0.2) is 0 Å². The molecule has 2 aromatic rings. The van der Waals surface area contributed by atoms with E-state index in [4.69, 9.17) is 0 Å². The van der Waals surface area contributed by atoms with Crippen molar-refractivity contribution in [3.63, 3.8) is 0 Å². The van der Waals surface area contributed by atoms with Crippen LogP contribution in [0.2, 0.25) is 0 Å². The van der Waals surface area contributed by atoms with Crippen molar-refractivity contribution in [2.45, 2.75) is 38.3 Å². The SMILES string of the molecule is CC(C)c1ccc(C(F)(F)F)cc1-c1ccc(C(F)(F)F)cc1C(F)(F)F. The Bertz CT molecular complexity index is 824. The van der Waals surface area contributed by atoms with Gasteiger partial charge in [-0.3, -0.25) is 0 Å². The summed E-state index contributed by atoms with van der Waals surface area (Å²) in [4.78, 5) is 0. The van der Waals surface area contributed by atoms with Gasteiger partial charge in [0, 0.05) is 0 Å². The van der Waals surface area contributed by atoms with E-state index in [-0.39, 0.29) is 11.6 Å². The molecule has 2 rings (SSSR count). The number of halogens is 9. The predicted molar refractivity (Wildman–Crippen MR) is 81.0 cm³/mol. The van der Waals surface area contributed by atoms with Gasteiger partial charge in [0.2, 0.25) is 0 Å². The largest absolute Gasteiger partial charge is 0.417 e. The Hall–Kier alpha value is -2.19. The zero-order valence-electron chi connectivity index (χ0n) is 13.9. The molecule has 0 bridgehead atoms. The molecule has 27 heavy (non-hydrogen) atoms. The Morgan fingerprint density at radius 3 is 1.52 bits per heavy atom. The summed E-state index contributed by atoms with van der Waals surface area (Å²) in [5.74, 6) is -0.453. The van der Waals surface area contributed by atoms with Gasteiger partial charge in [0.1, 0.15) is 0 Å². The van der Waals surface area contributed by atoms with Crippen molar-refractivity contribution in [3.05, 3.63) is 58.7 Å². The third-order valence-electron chi connectivity index (χ3n) is 3.95. The Balaban J connectivity index is 2.84. The molecule has 0 aliphatic carbocycles. The number of benzene rings is 2. The monoisotopic (exact) mass is 400 g/mol. The van der Waals surface area contributed by atoms with E-state index < -0.39 is 52.3 Å². The molecular weight excluding hydrogens is 387 g/mol. The molecule has 0 fully saturated rings. The molecule has 0 heterocycles. The Morgan fingerprint density at radius 1 is 0.593 bits per heavy atom. The van der Waals surface area contributed by atoms with Gasteiger partial charge in [-0.15, -0.1) is 0 Å². The highest BCUT2D eigenvalue weighted by molar-refractivity contribution is 5.73. The van der Waals surface area contributed by atoms with Gasteiger partial charge in [0.05, 0.1) is 16.7 Å². The molecule has 0 saturated heterocycles. The molecule has 0 nitrogen and oxygen atoms in total. The average molecular weight is 400 g/mol. The van der Waals surface area contributed by atoms with E-state index in [1.165, 1.54) is 0 Å². The second kappa shape index (κ2) is 6.76. The van der Waals surface area contributed by atoms with Crippen LogP contribution in [0, 0.1) is 0 Å². The van der Waals surface area contributed by atoms with E-state index in [1.807, 2.05) is 0 Å². The molecule has 0 N–H and O–H groups in total. The standard InChI is InChI=1S/C18H13F9/c1-9(2)12-5-3-10(16(19,20)21)7-14(12)13-6-4-11(17(22,23)24)8-15(13)18(25,26)27/h3-9H,1-2H3. The molecule has 0 unspecified atom stereocenters. The fourth-order valence-corrected chi connectivity index (χ4v) is 2.66. The smallest absolute Gasteiger partial charge is 0.166 e. The molecule has 0 aliphatic heterocycles. The van der Waals surface area contributed by atoms with Crippen molar-refractivity contribution < 1.29 is 39.5 Å². The van der Waals surface area contributed by atoms with Gasteiger partial charge in [0.15, 0.2) is 0 Å². The molecule has 0 radical (unpaired) electrons. The number of hydrogen-bond donors (Lipinski definition) is 0. The lowest BCUT2D eigenvalue weighted by Gasteiger charge is -2.21. The van der Waals surface area contributed by atoms with E-state index in [0.717, 1.165) is 12.1 Å². The van der Waals surface area contributed by atoms with Crippen LogP contribution in [0.15, 0.2) is 36.4 Å². The van der Waals surface area contributed by atoms with E-state index in [1.54, 1.807) is 13.8 Å². The van der Waals surface area contributed by atoms with Crippen LogP contribution in [0.3, 0.4) is 0 Å². The zero-order valence-corrected chi connectivity index (χ0v) is 13.9. The minimum absolute atomic E-state index is 0.0836. The molecule has 0 aromatic heterocycles. The second-order valence-corrected chi connectivity index (χ2v) is 6.21. The average Bonchev–Trinajstić information content (AvgIpc) is 2.51. The van der Waals surface area contributed by atoms with Crippen molar-refractivity contribution >= 4 is 0 Å². The van der Waals surface area contributed by atoms with Crippen LogP contribution in [0.4, 0.5) is 39.5 Å². The Labute approximate surface area is 148 Å². The van der Waals surface area contributed by atoms with Crippen LogP contribution >= 0.6 is 0 Å². The normalized spacial score (nSPS) is 13.3. The van der Waals surface area contributed by atoms with Gasteiger partial charge in [0.25, 0.3) is 0 Å². The summed E-state index contributed by atoms with van der Waals surface area (Å²) >= 11 is 0. The van der Waals surface area contributed by atoms with E-state index in [2.05, 4.69) is 0 Å². The lowest BCUT2D eigenvalue weighted by Crippen LogP contribution is -2.13. The summed E-state index contributed by atoms with van der Waals surface area (Å²) in [7, 11) is 0. The molecule has 0 atom stereocenters. The molecule has 148 valence electrons. The lowest BCUT2D eigenvalue weighted by molar-refractivity contribution is -0.142. The summed E-state index contributed by atoms with van der Waals surface area (Å²) in [5.41, 5.74) is -5.33. The molecular formula is C18H13F9.